The fourth-order valence-corrected chi connectivity index (χ4v) is 1.24. The summed E-state index contributed by atoms with van der Waals surface area (Å²) in [5, 5.41) is 0. The van der Waals surface area contributed by atoms with Gasteiger partial charge in [-0.3, -0.25) is 0 Å². The summed E-state index contributed by atoms with van der Waals surface area (Å²) in [5.41, 5.74) is 0. The normalized spacial score (nSPS) is 11.3. The summed E-state index contributed by atoms with van der Waals surface area (Å²) in [6.07, 6.45) is 11.4. The lowest BCUT2D eigenvalue weighted by molar-refractivity contribution is -0.0531. The fraction of sp³-hybridized carbons (Fsp3) is 0.846. The highest BCUT2D eigenvalue weighted by atomic mass is 16.7. The van der Waals surface area contributed by atoms with Crippen LogP contribution in [0, 0.1) is 0 Å². The Morgan fingerprint density at radius 1 is 0.867 bits per heavy atom. The van der Waals surface area contributed by atoms with Gasteiger partial charge < -0.3 is 9.47 Å². The van der Waals surface area contributed by atoms with Gasteiger partial charge in [-0.1, -0.05) is 45.3 Å². The van der Waals surface area contributed by atoms with Crippen LogP contribution in [0.15, 0.2) is 12.2 Å². The summed E-state index contributed by atoms with van der Waals surface area (Å²) in [6, 6.07) is 0. The van der Waals surface area contributed by atoms with Gasteiger partial charge in [0.2, 0.25) is 0 Å². The Labute approximate surface area is 94.7 Å². The lowest BCUT2D eigenvalue weighted by Crippen LogP contribution is -2.02. The van der Waals surface area contributed by atoms with Crippen molar-refractivity contribution in [1.29, 1.82) is 0 Å². The van der Waals surface area contributed by atoms with E-state index in [1.165, 1.54) is 19.3 Å². The molecule has 0 aromatic heterocycles. The van der Waals surface area contributed by atoms with Gasteiger partial charge in [0.15, 0.2) is 0 Å². The third kappa shape index (κ3) is 13.7. The fourth-order valence-electron chi connectivity index (χ4n) is 1.24. The van der Waals surface area contributed by atoms with Crippen molar-refractivity contribution >= 4 is 0 Å². The molecule has 0 rings (SSSR count). The second-order valence-electron chi connectivity index (χ2n) is 3.66. The highest BCUT2D eigenvalue weighted by Gasteiger charge is 1.89. The van der Waals surface area contributed by atoms with Gasteiger partial charge in [-0.05, 0) is 19.3 Å². The molecule has 0 fully saturated rings. The van der Waals surface area contributed by atoms with E-state index < -0.39 is 0 Å². The van der Waals surface area contributed by atoms with Crippen LogP contribution < -0.4 is 0 Å². The Hall–Kier alpha value is -0.340. The van der Waals surface area contributed by atoms with Crippen molar-refractivity contribution in [3.8, 4) is 0 Å². The number of hydrogen-bond acceptors (Lipinski definition) is 2. The van der Waals surface area contributed by atoms with Crippen LogP contribution in [0.1, 0.15) is 52.4 Å². The van der Waals surface area contributed by atoms with Crippen LogP contribution in [0.2, 0.25) is 0 Å². The summed E-state index contributed by atoms with van der Waals surface area (Å²) < 4.78 is 10.7. The van der Waals surface area contributed by atoms with E-state index in [-0.39, 0.29) is 0 Å². The smallest absolute Gasteiger partial charge is 0.146 e. The van der Waals surface area contributed by atoms with E-state index in [0.717, 1.165) is 32.5 Å². The first-order valence-electron chi connectivity index (χ1n) is 6.22. The second kappa shape index (κ2) is 13.7. The van der Waals surface area contributed by atoms with Gasteiger partial charge in [-0.15, -0.1) is 0 Å². The van der Waals surface area contributed by atoms with Gasteiger partial charge in [-0.25, -0.2) is 0 Å². The predicted octanol–water partition coefficient (Wildman–Crippen LogP) is 3.91. The number of unbranched alkanes of at least 4 members (excludes halogenated alkanes) is 3. The van der Waals surface area contributed by atoms with Gasteiger partial charge in [0.1, 0.15) is 6.79 Å². The third-order valence-corrected chi connectivity index (χ3v) is 2.14. The van der Waals surface area contributed by atoms with Crippen LogP contribution in [-0.4, -0.2) is 20.0 Å². The van der Waals surface area contributed by atoms with Crippen LogP contribution >= 0.6 is 0 Å². The monoisotopic (exact) mass is 214 g/mol. The SMILES string of the molecule is CC/C=C\CCOCOCCCCCC. The van der Waals surface area contributed by atoms with Crippen molar-refractivity contribution in [2.75, 3.05) is 20.0 Å². The maximum atomic E-state index is 5.34. The molecular formula is C13H26O2. The van der Waals surface area contributed by atoms with E-state index >= 15 is 0 Å². The molecule has 0 amide bonds. The quantitative estimate of drug-likeness (QED) is 0.295. The van der Waals surface area contributed by atoms with Crippen molar-refractivity contribution in [2.24, 2.45) is 0 Å². The number of ether oxygens (including phenoxy) is 2. The topological polar surface area (TPSA) is 18.5 Å². The van der Waals surface area contributed by atoms with Crippen molar-refractivity contribution in [3.63, 3.8) is 0 Å². The third-order valence-electron chi connectivity index (χ3n) is 2.14. The van der Waals surface area contributed by atoms with Crippen LogP contribution in [0.4, 0.5) is 0 Å². The molecule has 0 bridgehead atoms. The molecule has 0 aliphatic heterocycles. The molecule has 0 spiro atoms. The van der Waals surface area contributed by atoms with E-state index in [1.807, 2.05) is 0 Å². The van der Waals surface area contributed by atoms with Crippen molar-refractivity contribution < 1.29 is 9.47 Å². The molecule has 0 aromatic carbocycles. The first-order chi connectivity index (χ1) is 7.41. The molecule has 0 radical (unpaired) electrons. The van der Waals surface area contributed by atoms with Gasteiger partial charge in [-0.2, -0.15) is 0 Å². The van der Waals surface area contributed by atoms with E-state index in [2.05, 4.69) is 26.0 Å². The minimum Gasteiger partial charge on any atom is -0.355 e. The van der Waals surface area contributed by atoms with Gasteiger partial charge in [0.25, 0.3) is 0 Å². The van der Waals surface area contributed by atoms with Crippen molar-refractivity contribution in [2.45, 2.75) is 52.4 Å². The summed E-state index contributed by atoms with van der Waals surface area (Å²) >= 11 is 0. The highest BCUT2D eigenvalue weighted by molar-refractivity contribution is 4.79. The Kier molecular flexibility index (Phi) is 13.4. The minimum absolute atomic E-state index is 0.450. The van der Waals surface area contributed by atoms with Crippen LogP contribution in [0.3, 0.4) is 0 Å². The van der Waals surface area contributed by atoms with E-state index in [1.54, 1.807) is 0 Å². The molecule has 0 aliphatic carbocycles. The first kappa shape index (κ1) is 14.7. The van der Waals surface area contributed by atoms with Crippen LogP contribution in [-0.2, 0) is 9.47 Å². The molecule has 0 N–H and O–H groups in total. The molecule has 0 aromatic rings. The highest BCUT2D eigenvalue weighted by Crippen LogP contribution is 1.98. The predicted molar refractivity (Wildman–Crippen MR) is 65.0 cm³/mol. The standard InChI is InChI=1S/C13H26O2/c1-3-5-7-9-11-14-13-15-12-10-8-6-4-2/h5,7H,3-4,6,8-13H2,1-2H3/b7-5-. The summed E-state index contributed by atoms with van der Waals surface area (Å²) in [7, 11) is 0. The number of hydrogen-bond donors (Lipinski definition) is 0. The molecule has 0 saturated heterocycles. The zero-order valence-corrected chi connectivity index (χ0v) is 10.3. The van der Waals surface area contributed by atoms with Gasteiger partial charge in [0.05, 0.1) is 6.61 Å². The molecule has 0 atom stereocenters. The lowest BCUT2D eigenvalue weighted by atomic mass is 10.2. The Bertz CT molecular complexity index is 132. The van der Waals surface area contributed by atoms with Gasteiger partial charge in [0, 0.05) is 6.61 Å². The lowest BCUT2D eigenvalue weighted by Gasteiger charge is -2.04. The zero-order chi connectivity index (χ0) is 11.2. The average molecular weight is 214 g/mol. The molecule has 0 saturated carbocycles. The van der Waals surface area contributed by atoms with Crippen LogP contribution in [0.25, 0.3) is 0 Å². The summed E-state index contributed by atoms with van der Waals surface area (Å²) in [4.78, 5) is 0. The zero-order valence-electron chi connectivity index (χ0n) is 10.3. The second-order valence-corrected chi connectivity index (χ2v) is 3.66. The molecule has 0 unspecified atom stereocenters. The largest absolute Gasteiger partial charge is 0.355 e. The van der Waals surface area contributed by atoms with E-state index in [9.17, 15) is 0 Å². The van der Waals surface area contributed by atoms with Gasteiger partial charge >= 0.3 is 0 Å². The van der Waals surface area contributed by atoms with Crippen LogP contribution in [0.5, 0.6) is 0 Å². The average Bonchev–Trinajstić information content (AvgIpc) is 2.26. The Morgan fingerprint density at radius 2 is 1.67 bits per heavy atom. The van der Waals surface area contributed by atoms with E-state index in [4.69, 9.17) is 9.47 Å². The summed E-state index contributed by atoms with van der Waals surface area (Å²) in [6.45, 7) is 6.41. The van der Waals surface area contributed by atoms with Crippen molar-refractivity contribution in [1.82, 2.24) is 0 Å². The maximum absolute atomic E-state index is 5.34. The molecular weight excluding hydrogens is 188 g/mol. The maximum Gasteiger partial charge on any atom is 0.146 e. The number of allylic oxidation sites excluding steroid dienone is 1. The molecule has 0 heterocycles. The molecule has 2 heteroatoms. The first-order valence-corrected chi connectivity index (χ1v) is 6.22. The molecule has 15 heavy (non-hydrogen) atoms. The van der Waals surface area contributed by atoms with Crippen molar-refractivity contribution in [3.05, 3.63) is 12.2 Å². The summed E-state index contributed by atoms with van der Waals surface area (Å²) in [5.74, 6) is 0. The molecule has 0 aliphatic rings. The Balaban J connectivity index is 2.89. The number of rotatable bonds is 11. The Morgan fingerprint density at radius 3 is 2.40 bits per heavy atom. The molecule has 2 nitrogen and oxygen atoms in total. The minimum atomic E-state index is 0.450. The molecule has 90 valence electrons. The van der Waals surface area contributed by atoms with E-state index in [0.29, 0.717) is 6.79 Å².